The number of likely N-dealkylation sites (tertiary alicyclic amines) is 1. The van der Waals surface area contributed by atoms with Crippen LogP contribution in [-0.2, 0) is 4.74 Å². The van der Waals surface area contributed by atoms with Crippen LogP contribution in [0.15, 0.2) is 58.3 Å². The molecule has 2 aliphatic rings. The Balaban J connectivity index is 1.46. The van der Waals surface area contributed by atoms with Gasteiger partial charge in [-0.15, -0.1) is 0 Å². The highest BCUT2D eigenvalue weighted by atomic mass is 32.2. The summed E-state index contributed by atoms with van der Waals surface area (Å²) in [5.41, 5.74) is 1.71. The number of carbonyl (C=O) groups is 1. The molecule has 0 atom stereocenters. The summed E-state index contributed by atoms with van der Waals surface area (Å²) in [5.74, 6) is 6.06. The standard InChI is InChI=1S/C21H20N2O2S/c24-21(25-16-8-7-15-22-13-5-6-14-22)23-17-9-1-3-11-19(17)26-20-12-4-2-10-18(20)23/h1-4,9-12H,5-6,13-16H2. The van der Waals surface area contributed by atoms with Crippen molar-refractivity contribution in [3.05, 3.63) is 48.5 Å². The predicted octanol–water partition coefficient (Wildman–Crippen LogP) is 4.53. The summed E-state index contributed by atoms with van der Waals surface area (Å²) in [6, 6.07) is 15.8. The molecule has 0 unspecified atom stereocenters. The molecule has 0 bridgehead atoms. The van der Waals surface area contributed by atoms with Crippen molar-refractivity contribution in [2.45, 2.75) is 22.6 Å². The number of rotatable bonds is 2. The number of anilines is 2. The van der Waals surface area contributed by atoms with Crippen LogP contribution in [0.5, 0.6) is 0 Å². The van der Waals surface area contributed by atoms with Gasteiger partial charge in [0.05, 0.1) is 17.9 Å². The Morgan fingerprint density at radius 1 is 0.962 bits per heavy atom. The Hall–Kier alpha value is -2.42. The summed E-state index contributed by atoms with van der Waals surface area (Å²) in [7, 11) is 0. The zero-order chi connectivity index (χ0) is 17.8. The minimum Gasteiger partial charge on any atom is -0.436 e. The minimum atomic E-state index is -0.388. The van der Waals surface area contributed by atoms with Gasteiger partial charge in [0.1, 0.15) is 0 Å². The number of carbonyl (C=O) groups excluding carboxylic acids is 1. The van der Waals surface area contributed by atoms with Crippen LogP contribution in [0.25, 0.3) is 0 Å². The molecule has 4 rings (SSSR count). The molecule has 0 aromatic heterocycles. The molecule has 1 fully saturated rings. The van der Waals surface area contributed by atoms with Crippen molar-refractivity contribution in [2.75, 3.05) is 31.1 Å². The van der Waals surface area contributed by atoms with Crippen molar-refractivity contribution in [3.8, 4) is 11.8 Å². The molecule has 5 heteroatoms. The molecule has 132 valence electrons. The van der Waals surface area contributed by atoms with Crippen LogP contribution in [0.3, 0.4) is 0 Å². The molecule has 0 N–H and O–H groups in total. The zero-order valence-corrected chi connectivity index (χ0v) is 15.3. The summed E-state index contributed by atoms with van der Waals surface area (Å²) >= 11 is 1.67. The molecule has 0 spiro atoms. The lowest BCUT2D eigenvalue weighted by atomic mass is 10.2. The number of amides is 1. The van der Waals surface area contributed by atoms with Crippen LogP contribution in [0.1, 0.15) is 12.8 Å². The van der Waals surface area contributed by atoms with E-state index in [2.05, 4.69) is 16.7 Å². The number of nitrogens with zero attached hydrogens (tertiary/aromatic N) is 2. The predicted molar refractivity (Wildman–Crippen MR) is 104 cm³/mol. The van der Waals surface area contributed by atoms with Gasteiger partial charge in [0.25, 0.3) is 0 Å². The lowest BCUT2D eigenvalue weighted by Gasteiger charge is -2.29. The van der Waals surface area contributed by atoms with E-state index in [1.165, 1.54) is 12.8 Å². The van der Waals surface area contributed by atoms with Crippen molar-refractivity contribution < 1.29 is 9.53 Å². The smallest absolute Gasteiger partial charge is 0.419 e. The van der Waals surface area contributed by atoms with Crippen LogP contribution in [0, 0.1) is 11.8 Å². The molecular formula is C21H20N2O2S. The molecule has 0 aliphatic carbocycles. The highest BCUT2D eigenvalue weighted by Crippen LogP contribution is 2.47. The van der Waals surface area contributed by atoms with Gasteiger partial charge in [0.2, 0.25) is 0 Å². The van der Waals surface area contributed by atoms with Crippen LogP contribution in [0.2, 0.25) is 0 Å². The van der Waals surface area contributed by atoms with Crippen molar-refractivity contribution in [1.82, 2.24) is 4.90 Å². The van der Waals surface area contributed by atoms with Crippen LogP contribution < -0.4 is 4.90 Å². The van der Waals surface area contributed by atoms with Gasteiger partial charge >= 0.3 is 6.09 Å². The zero-order valence-electron chi connectivity index (χ0n) is 14.5. The Labute approximate surface area is 158 Å². The topological polar surface area (TPSA) is 32.8 Å². The molecule has 0 radical (unpaired) electrons. The normalized spacial score (nSPS) is 15.6. The van der Waals surface area contributed by atoms with Gasteiger partial charge in [-0.2, -0.15) is 0 Å². The second kappa shape index (κ2) is 7.86. The largest absolute Gasteiger partial charge is 0.436 e. The minimum absolute atomic E-state index is 0.112. The first-order valence-electron chi connectivity index (χ1n) is 8.84. The van der Waals surface area contributed by atoms with Gasteiger partial charge < -0.3 is 4.74 Å². The van der Waals surface area contributed by atoms with Gasteiger partial charge in [-0.05, 0) is 50.2 Å². The molecule has 2 aliphatic heterocycles. The average molecular weight is 364 g/mol. The molecule has 2 aromatic rings. The summed E-state index contributed by atoms with van der Waals surface area (Å²) in [6.45, 7) is 3.10. The van der Waals surface area contributed by atoms with Gasteiger partial charge in [-0.25, -0.2) is 9.69 Å². The van der Waals surface area contributed by atoms with E-state index in [4.69, 9.17) is 4.74 Å². The third-order valence-electron chi connectivity index (χ3n) is 4.51. The van der Waals surface area contributed by atoms with Crippen molar-refractivity contribution in [3.63, 3.8) is 0 Å². The Kier molecular flexibility index (Phi) is 5.14. The molecular weight excluding hydrogens is 344 g/mol. The summed E-state index contributed by atoms with van der Waals surface area (Å²) < 4.78 is 5.45. The molecule has 4 nitrogen and oxygen atoms in total. The van der Waals surface area contributed by atoms with Gasteiger partial charge in [0.15, 0.2) is 6.61 Å². The maximum absolute atomic E-state index is 12.8. The third kappa shape index (κ3) is 3.57. The molecule has 26 heavy (non-hydrogen) atoms. The molecule has 0 saturated carbocycles. The van der Waals surface area contributed by atoms with Crippen molar-refractivity contribution in [1.29, 1.82) is 0 Å². The molecule has 2 aromatic carbocycles. The quantitative estimate of drug-likeness (QED) is 0.733. The fourth-order valence-corrected chi connectivity index (χ4v) is 4.28. The Morgan fingerprint density at radius 2 is 1.58 bits per heavy atom. The van der Waals surface area contributed by atoms with E-state index in [0.717, 1.165) is 40.8 Å². The number of para-hydroxylation sites is 2. The van der Waals surface area contributed by atoms with E-state index in [1.54, 1.807) is 16.7 Å². The van der Waals surface area contributed by atoms with Crippen molar-refractivity contribution >= 4 is 29.2 Å². The maximum atomic E-state index is 12.8. The average Bonchev–Trinajstić information content (AvgIpc) is 3.19. The van der Waals surface area contributed by atoms with Gasteiger partial charge in [-0.3, -0.25) is 4.90 Å². The highest BCUT2D eigenvalue weighted by molar-refractivity contribution is 7.99. The first-order valence-corrected chi connectivity index (χ1v) is 9.65. The lowest BCUT2D eigenvalue weighted by Crippen LogP contribution is -2.29. The first-order chi connectivity index (χ1) is 12.8. The molecule has 2 heterocycles. The number of fused-ring (bicyclic) bond motifs is 2. The van der Waals surface area contributed by atoms with Gasteiger partial charge in [0, 0.05) is 9.79 Å². The van der Waals surface area contributed by atoms with E-state index in [1.807, 2.05) is 48.5 Å². The highest BCUT2D eigenvalue weighted by Gasteiger charge is 2.28. The van der Waals surface area contributed by atoms with E-state index in [0.29, 0.717) is 0 Å². The van der Waals surface area contributed by atoms with Crippen LogP contribution >= 0.6 is 11.8 Å². The van der Waals surface area contributed by atoms with Crippen molar-refractivity contribution in [2.24, 2.45) is 0 Å². The summed E-state index contributed by atoms with van der Waals surface area (Å²) in [4.78, 5) is 18.8. The van der Waals surface area contributed by atoms with E-state index < -0.39 is 0 Å². The van der Waals surface area contributed by atoms with E-state index in [9.17, 15) is 4.79 Å². The van der Waals surface area contributed by atoms with E-state index in [-0.39, 0.29) is 12.7 Å². The second-order valence-corrected chi connectivity index (χ2v) is 7.35. The lowest BCUT2D eigenvalue weighted by molar-refractivity contribution is 0.170. The monoisotopic (exact) mass is 364 g/mol. The first kappa shape index (κ1) is 17.0. The number of ether oxygens (including phenoxy) is 1. The maximum Gasteiger partial charge on any atom is 0.419 e. The second-order valence-electron chi connectivity index (χ2n) is 6.26. The summed E-state index contributed by atoms with van der Waals surface area (Å²) in [5, 5.41) is 0. The van der Waals surface area contributed by atoms with Crippen LogP contribution in [-0.4, -0.2) is 37.2 Å². The van der Waals surface area contributed by atoms with Gasteiger partial charge in [-0.1, -0.05) is 47.9 Å². The third-order valence-corrected chi connectivity index (χ3v) is 5.64. The number of hydrogen-bond acceptors (Lipinski definition) is 4. The number of benzene rings is 2. The fraction of sp³-hybridized carbons (Fsp3) is 0.286. The Bertz CT molecular complexity index is 820. The molecule has 1 saturated heterocycles. The summed E-state index contributed by atoms with van der Waals surface area (Å²) in [6.07, 6.45) is 2.12. The SMILES string of the molecule is O=C(OCC#CCN1CCCC1)N1c2ccccc2Sc2ccccc21. The van der Waals surface area contributed by atoms with E-state index >= 15 is 0 Å². The Morgan fingerprint density at radius 3 is 2.23 bits per heavy atom. The fourth-order valence-electron chi connectivity index (χ4n) is 3.22. The number of hydrogen-bond donors (Lipinski definition) is 0. The molecule has 1 amide bonds. The van der Waals surface area contributed by atoms with Crippen LogP contribution in [0.4, 0.5) is 16.2 Å².